The summed E-state index contributed by atoms with van der Waals surface area (Å²) in [4.78, 5) is 22.5. The van der Waals surface area contributed by atoms with Gasteiger partial charge in [0.1, 0.15) is 11.8 Å². The van der Waals surface area contributed by atoms with Gasteiger partial charge in [0.25, 0.3) is 0 Å². The minimum Gasteiger partial charge on any atom is -0.424 e. The molecule has 0 aromatic carbocycles. The van der Waals surface area contributed by atoms with Crippen molar-refractivity contribution in [3.8, 4) is 5.75 Å². The number of fused-ring (bicyclic) bond motifs is 1. The van der Waals surface area contributed by atoms with Crippen LogP contribution in [0.4, 0.5) is 0 Å². The largest absolute Gasteiger partial charge is 0.424 e. The van der Waals surface area contributed by atoms with Gasteiger partial charge in [0, 0.05) is 11.6 Å². The predicted octanol–water partition coefficient (Wildman–Crippen LogP) is 2.02. The number of nitrogens with zero attached hydrogens (tertiary/aromatic N) is 3. The number of carbonyl (C=O) groups is 1. The normalized spacial score (nSPS) is 19.9. The summed E-state index contributed by atoms with van der Waals surface area (Å²) in [5.74, 6) is 0.301. The molecule has 0 radical (unpaired) electrons. The van der Waals surface area contributed by atoms with Crippen molar-refractivity contribution in [2.75, 3.05) is 13.6 Å². The average Bonchev–Trinajstić information content (AvgIpc) is 2.47. The Kier molecular flexibility index (Phi) is 3.60. The first kappa shape index (κ1) is 13.0. The molecule has 104 valence electrons. The molecule has 2 aromatic heterocycles. The summed E-state index contributed by atoms with van der Waals surface area (Å²) in [7, 11) is 1.97. The number of likely N-dealkylation sites (N-methyl/N-ethyl adjacent to an activating group) is 1. The topological polar surface area (TPSA) is 55.3 Å². The molecule has 20 heavy (non-hydrogen) atoms. The number of pyridine rings is 2. The van der Waals surface area contributed by atoms with Gasteiger partial charge >= 0.3 is 5.97 Å². The van der Waals surface area contributed by atoms with Gasteiger partial charge in [-0.15, -0.1) is 0 Å². The summed E-state index contributed by atoms with van der Waals surface area (Å²) in [5, 5.41) is 0.919. The Hall–Kier alpha value is -2.01. The van der Waals surface area contributed by atoms with Crippen LogP contribution in [0.1, 0.15) is 19.3 Å². The van der Waals surface area contributed by atoms with E-state index < -0.39 is 0 Å². The number of piperidine rings is 1. The van der Waals surface area contributed by atoms with Crippen molar-refractivity contribution in [1.29, 1.82) is 0 Å². The van der Waals surface area contributed by atoms with E-state index in [1.807, 2.05) is 19.2 Å². The van der Waals surface area contributed by atoms with E-state index >= 15 is 0 Å². The van der Waals surface area contributed by atoms with Gasteiger partial charge in [0.15, 0.2) is 0 Å². The smallest absolute Gasteiger partial charge is 0.328 e. The lowest BCUT2D eigenvalue weighted by Gasteiger charge is -2.30. The Bertz CT molecular complexity index is 629. The minimum atomic E-state index is -0.192. The maximum Gasteiger partial charge on any atom is 0.328 e. The Labute approximate surface area is 117 Å². The fraction of sp³-hybridized carbons (Fsp3) is 0.400. The third-order valence-corrected chi connectivity index (χ3v) is 3.72. The molecule has 1 unspecified atom stereocenters. The van der Waals surface area contributed by atoms with Gasteiger partial charge in [-0.05, 0) is 38.6 Å². The van der Waals surface area contributed by atoms with Crippen LogP contribution in [0.2, 0.25) is 0 Å². The number of carbonyl (C=O) groups excluding carboxylic acids is 1. The predicted molar refractivity (Wildman–Crippen MR) is 75.4 cm³/mol. The van der Waals surface area contributed by atoms with Crippen molar-refractivity contribution in [2.45, 2.75) is 25.3 Å². The van der Waals surface area contributed by atoms with Crippen LogP contribution < -0.4 is 4.74 Å². The monoisotopic (exact) mass is 271 g/mol. The molecule has 0 spiro atoms. The Morgan fingerprint density at radius 1 is 1.40 bits per heavy atom. The maximum atomic E-state index is 12.2. The lowest BCUT2D eigenvalue weighted by Crippen LogP contribution is -2.44. The molecule has 3 heterocycles. The molecule has 0 bridgehead atoms. The van der Waals surface area contributed by atoms with Gasteiger partial charge in [-0.3, -0.25) is 14.9 Å². The molecule has 1 atom stereocenters. The van der Waals surface area contributed by atoms with Crippen LogP contribution in [0, 0.1) is 0 Å². The van der Waals surface area contributed by atoms with Gasteiger partial charge in [-0.25, -0.2) is 4.79 Å². The van der Waals surface area contributed by atoms with E-state index in [0.29, 0.717) is 5.75 Å². The Morgan fingerprint density at radius 3 is 3.15 bits per heavy atom. The third kappa shape index (κ3) is 2.63. The molecular formula is C15H17N3O2. The van der Waals surface area contributed by atoms with E-state index in [0.717, 1.165) is 36.7 Å². The number of hydrogen-bond acceptors (Lipinski definition) is 5. The molecule has 5 nitrogen and oxygen atoms in total. The standard InChI is InChI=1S/C15H17N3O2/c1-18-7-3-2-4-14(18)15(19)20-12-8-11-5-6-16-10-13(11)17-9-12/h5-6,8-10,14H,2-4,7H2,1H3. The lowest BCUT2D eigenvalue weighted by molar-refractivity contribution is -0.141. The Morgan fingerprint density at radius 2 is 2.30 bits per heavy atom. The second kappa shape index (κ2) is 5.54. The number of likely N-dealkylation sites (tertiary alicyclic amines) is 1. The van der Waals surface area contributed by atoms with E-state index in [1.165, 1.54) is 0 Å². The summed E-state index contributed by atoms with van der Waals surface area (Å²) in [6.07, 6.45) is 8.04. The highest BCUT2D eigenvalue weighted by atomic mass is 16.5. The van der Waals surface area contributed by atoms with Crippen molar-refractivity contribution in [3.63, 3.8) is 0 Å². The zero-order valence-corrected chi connectivity index (χ0v) is 11.5. The van der Waals surface area contributed by atoms with Gasteiger partial charge in [0.2, 0.25) is 0 Å². The molecule has 1 fully saturated rings. The first-order valence-corrected chi connectivity index (χ1v) is 6.86. The molecule has 1 aliphatic heterocycles. The lowest BCUT2D eigenvalue weighted by atomic mass is 10.0. The second-order valence-corrected chi connectivity index (χ2v) is 5.15. The van der Waals surface area contributed by atoms with Gasteiger partial charge in [-0.2, -0.15) is 0 Å². The van der Waals surface area contributed by atoms with Gasteiger partial charge in [0.05, 0.1) is 17.9 Å². The third-order valence-electron chi connectivity index (χ3n) is 3.72. The van der Waals surface area contributed by atoms with E-state index in [2.05, 4.69) is 14.9 Å². The highest BCUT2D eigenvalue weighted by Crippen LogP contribution is 2.20. The van der Waals surface area contributed by atoms with Crippen LogP contribution in [0.5, 0.6) is 5.75 Å². The van der Waals surface area contributed by atoms with Crippen LogP contribution in [0.25, 0.3) is 10.9 Å². The number of rotatable bonds is 2. The molecule has 2 aromatic rings. The molecule has 0 amide bonds. The molecular weight excluding hydrogens is 254 g/mol. The second-order valence-electron chi connectivity index (χ2n) is 5.15. The Balaban J connectivity index is 1.76. The molecule has 1 aliphatic rings. The highest BCUT2D eigenvalue weighted by Gasteiger charge is 2.27. The van der Waals surface area contributed by atoms with Crippen LogP contribution in [0.15, 0.2) is 30.7 Å². The first-order valence-electron chi connectivity index (χ1n) is 6.86. The fourth-order valence-corrected chi connectivity index (χ4v) is 2.56. The first-order chi connectivity index (χ1) is 9.74. The molecule has 5 heteroatoms. The molecule has 1 saturated heterocycles. The highest BCUT2D eigenvalue weighted by molar-refractivity contribution is 5.81. The molecule has 3 rings (SSSR count). The molecule has 0 N–H and O–H groups in total. The van der Waals surface area contributed by atoms with Crippen molar-refractivity contribution >= 4 is 16.9 Å². The summed E-state index contributed by atoms with van der Waals surface area (Å²) < 4.78 is 5.47. The fourth-order valence-electron chi connectivity index (χ4n) is 2.56. The van der Waals surface area contributed by atoms with Crippen LogP contribution in [-0.4, -0.2) is 40.5 Å². The van der Waals surface area contributed by atoms with Crippen molar-refractivity contribution in [2.24, 2.45) is 0 Å². The summed E-state index contributed by atoms with van der Waals surface area (Å²) in [6.45, 7) is 0.946. The zero-order chi connectivity index (χ0) is 13.9. The van der Waals surface area contributed by atoms with E-state index in [1.54, 1.807) is 18.6 Å². The van der Waals surface area contributed by atoms with Crippen LogP contribution in [-0.2, 0) is 4.79 Å². The zero-order valence-electron chi connectivity index (χ0n) is 11.5. The number of aromatic nitrogens is 2. The van der Waals surface area contributed by atoms with Crippen molar-refractivity contribution < 1.29 is 9.53 Å². The minimum absolute atomic E-state index is 0.142. The molecule has 0 saturated carbocycles. The van der Waals surface area contributed by atoms with Crippen molar-refractivity contribution in [3.05, 3.63) is 30.7 Å². The number of ether oxygens (including phenoxy) is 1. The van der Waals surface area contributed by atoms with E-state index in [9.17, 15) is 4.79 Å². The average molecular weight is 271 g/mol. The van der Waals surface area contributed by atoms with E-state index in [4.69, 9.17) is 4.74 Å². The quantitative estimate of drug-likeness (QED) is 0.782. The summed E-state index contributed by atoms with van der Waals surface area (Å²) in [5.41, 5.74) is 0.794. The van der Waals surface area contributed by atoms with Gasteiger partial charge in [-0.1, -0.05) is 6.42 Å². The summed E-state index contributed by atoms with van der Waals surface area (Å²) >= 11 is 0. The SMILES string of the molecule is CN1CCCCC1C(=O)Oc1cnc2cnccc2c1. The number of esters is 1. The maximum absolute atomic E-state index is 12.2. The number of hydrogen-bond donors (Lipinski definition) is 0. The van der Waals surface area contributed by atoms with Crippen molar-refractivity contribution in [1.82, 2.24) is 14.9 Å². The summed E-state index contributed by atoms with van der Waals surface area (Å²) in [6, 6.07) is 3.54. The van der Waals surface area contributed by atoms with Crippen LogP contribution >= 0.6 is 0 Å². The van der Waals surface area contributed by atoms with E-state index in [-0.39, 0.29) is 12.0 Å². The van der Waals surface area contributed by atoms with Crippen LogP contribution in [0.3, 0.4) is 0 Å². The van der Waals surface area contributed by atoms with Gasteiger partial charge < -0.3 is 4.74 Å². The molecule has 0 aliphatic carbocycles.